The summed E-state index contributed by atoms with van der Waals surface area (Å²) in [6, 6.07) is 12.6. The first kappa shape index (κ1) is 14.8. The molecule has 0 aliphatic carbocycles. The molecule has 0 unspecified atom stereocenters. The van der Waals surface area contributed by atoms with E-state index in [4.69, 9.17) is 0 Å². The predicted octanol–water partition coefficient (Wildman–Crippen LogP) is 4.52. The molecule has 0 saturated heterocycles. The van der Waals surface area contributed by atoms with Crippen molar-refractivity contribution in [2.45, 2.75) is 17.3 Å². The van der Waals surface area contributed by atoms with Gasteiger partial charge in [-0.1, -0.05) is 45.9 Å². The van der Waals surface area contributed by atoms with Crippen LogP contribution < -0.4 is 0 Å². The molecule has 108 valence electrons. The van der Waals surface area contributed by atoms with E-state index in [1.54, 1.807) is 23.1 Å². The zero-order valence-corrected chi connectivity index (χ0v) is 14.7. The summed E-state index contributed by atoms with van der Waals surface area (Å²) in [6.07, 6.45) is 0.846. The quantitative estimate of drug-likeness (QED) is 0.610. The molecule has 3 rings (SSSR count). The fraction of sp³-hybridized carbons (Fsp3) is 0.200. The lowest BCUT2D eigenvalue weighted by Gasteiger charge is -2.04. The first-order chi connectivity index (χ1) is 10.2. The fourth-order valence-electron chi connectivity index (χ4n) is 1.97. The van der Waals surface area contributed by atoms with E-state index in [0.717, 1.165) is 27.6 Å². The van der Waals surface area contributed by atoms with Gasteiger partial charge in [0.25, 0.3) is 0 Å². The fourth-order valence-corrected chi connectivity index (χ4v) is 3.99. The van der Waals surface area contributed by atoms with Crippen LogP contribution in [0.15, 0.2) is 51.4 Å². The third-order valence-electron chi connectivity index (χ3n) is 3.09. The van der Waals surface area contributed by atoms with Crippen LogP contribution >= 0.6 is 39.0 Å². The SMILES string of the molecule is Cn1c(Cc2cccs2)nnc1SCc1cccc(Br)c1. The number of halogens is 1. The average Bonchev–Trinajstić information content (AvgIpc) is 3.09. The van der Waals surface area contributed by atoms with E-state index in [2.05, 4.69) is 66.4 Å². The van der Waals surface area contributed by atoms with Crippen molar-refractivity contribution in [1.82, 2.24) is 14.8 Å². The largest absolute Gasteiger partial charge is 0.309 e. The monoisotopic (exact) mass is 379 g/mol. The van der Waals surface area contributed by atoms with Crippen molar-refractivity contribution in [3.05, 3.63) is 62.5 Å². The second kappa shape index (κ2) is 6.77. The summed E-state index contributed by atoms with van der Waals surface area (Å²) in [4.78, 5) is 1.31. The van der Waals surface area contributed by atoms with E-state index < -0.39 is 0 Å². The Morgan fingerprint density at radius 3 is 2.90 bits per heavy atom. The van der Waals surface area contributed by atoms with Crippen LogP contribution in [0.3, 0.4) is 0 Å². The molecular weight excluding hydrogens is 366 g/mol. The molecule has 0 bridgehead atoms. The van der Waals surface area contributed by atoms with Crippen LogP contribution in [0.1, 0.15) is 16.3 Å². The maximum absolute atomic E-state index is 4.31. The molecule has 0 fully saturated rings. The van der Waals surface area contributed by atoms with E-state index in [1.807, 2.05) is 13.1 Å². The van der Waals surface area contributed by atoms with Gasteiger partial charge in [-0.2, -0.15) is 0 Å². The first-order valence-electron chi connectivity index (χ1n) is 6.50. The number of nitrogens with zero attached hydrogens (tertiary/aromatic N) is 3. The highest BCUT2D eigenvalue weighted by Gasteiger charge is 2.10. The third kappa shape index (κ3) is 3.75. The maximum Gasteiger partial charge on any atom is 0.191 e. The smallest absolute Gasteiger partial charge is 0.191 e. The summed E-state index contributed by atoms with van der Waals surface area (Å²) in [5, 5.41) is 11.7. The lowest BCUT2D eigenvalue weighted by molar-refractivity contribution is 0.751. The Kier molecular flexibility index (Phi) is 4.77. The minimum absolute atomic E-state index is 0.846. The molecule has 1 aromatic carbocycles. The average molecular weight is 380 g/mol. The molecule has 2 heterocycles. The summed E-state index contributed by atoms with van der Waals surface area (Å²) < 4.78 is 3.19. The zero-order chi connectivity index (χ0) is 14.7. The van der Waals surface area contributed by atoms with Crippen LogP contribution in [-0.2, 0) is 19.2 Å². The number of thioether (sulfide) groups is 1. The summed E-state index contributed by atoms with van der Waals surface area (Å²) in [5.41, 5.74) is 1.28. The molecular formula is C15H14BrN3S2. The van der Waals surface area contributed by atoms with Gasteiger partial charge in [-0.15, -0.1) is 21.5 Å². The summed E-state index contributed by atoms with van der Waals surface area (Å²) in [6.45, 7) is 0. The summed E-state index contributed by atoms with van der Waals surface area (Å²) in [7, 11) is 2.03. The number of benzene rings is 1. The molecule has 2 aromatic heterocycles. The molecule has 3 aromatic rings. The second-order valence-corrected chi connectivity index (χ2v) is 7.52. The highest BCUT2D eigenvalue weighted by molar-refractivity contribution is 9.10. The van der Waals surface area contributed by atoms with Gasteiger partial charge in [0.05, 0.1) is 0 Å². The van der Waals surface area contributed by atoms with E-state index in [1.165, 1.54) is 10.4 Å². The van der Waals surface area contributed by atoms with E-state index in [9.17, 15) is 0 Å². The van der Waals surface area contributed by atoms with Crippen molar-refractivity contribution in [2.24, 2.45) is 7.05 Å². The second-order valence-electron chi connectivity index (χ2n) is 4.63. The molecule has 0 N–H and O–H groups in total. The van der Waals surface area contributed by atoms with Crippen LogP contribution in [0.25, 0.3) is 0 Å². The molecule has 0 amide bonds. The Hall–Kier alpha value is -1.11. The van der Waals surface area contributed by atoms with Gasteiger partial charge in [0, 0.05) is 28.6 Å². The Labute approximate surface area is 140 Å². The van der Waals surface area contributed by atoms with Gasteiger partial charge in [-0.3, -0.25) is 0 Å². The van der Waals surface area contributed by atoms with Crippen LogP contribution in [0.4, 0.5) is 0 Å². The van der Waals surface area contributed by atoms with Gasteiger partial charge in [0.2, 0.25) is 0 Å². The van der Waals surface area contributed by atoms with Crippen LogP contribution in [0, 0.1) is 0 Å². The highest BCUT2D eigenvalue weighted by atomic mass is 79.9. The van der Waals surface area contributed by atoms with Crippen LogP contribution in [-0.4, -0.2) is 14.8 Å². The maximum atomic E-state index is 4.31. The lowest BCUT2D eigenvalue weighted by Crippen LogP contribution is -1.99. The molecule has 0 atom stereocenters. The Balaban J connectivity index is 1.68. The minimum Gasteiger partial charge on any atom is -0.309 e. The van der Waals surface area contributed by atoms with Crippen LogP contribution in [0.2, 0.25) is 0 Å². The molecule has 6 heteroatoms. The Morgan fingerprint density at radius 1 is 1.24 bits per heavy atom. The number of aromatic nitrogens is 3. The molecule has 0 radical (unpaired) electrons. The zero-order valence-electron chi connectivity index (χ0n) is 11.5. The number of rotatable bonds is 5. The topological polar surface area (TPSA) is 30.7 Å². The number of hydrogen-bond acceptors (Lipinski definition) is 4. The normalized spacial score (nSPS) is 11.0. The molecule has 0 saturated carbocycles. The Bertz CT molecular complexity index is 722. The standard InChI is InChI=1S/C15H14BrN3S2/c1-19-14(9-13-6-3-7-20-13)17-18-15(19)21-10-11-4-2-5-12(16)8-11/h2-8H,9-10H2,1H3. The van der Waals surface area contributed by atoms with Crippen molar-refractivity contribution in [2.75, 3.05) is 0 Å². The van der Waals surface area contributed by atoms with Gasteiger partial charge in [0.1, 0.15) is 5.82 Å². The van der Waals surface area contributed by atoms with E-state index in [-0.39, 0.29) is 0 Å². The molecule has 0 spiro atoms. The first-order valence-corrected chi connectivity index (χ1v) is 9.16. The lowest BCUT2D eigenvalue weighted by atomic mass is 10.2. The van der Waals surface area contributed by atoms with Gasteiger partial charge >= 0.3 is 0 Å². The summed E-state index contributed by atoms with van der Waals surface area (Å²) in [5.74, 6) is 1.90. The molecule has 0 aliphatic heterocycles. The van der Waals surface area contributed by atoms with E-state index >= 15 is 0 Å². The number of thiophene rings is 1. The third-order valence-corrected chi connectivity index (χ3v) is 5.56. The van der Waals surface area contributed by atoms with Gasteiger partial charge in [-0.05, 0) is 29.1 Å². The van der Waals surface area contributed by atoms with Crippen molar-refractivity contribution in [1.29, 1.82) is 0 Å². The number of hydrogen-bond donors (Lipinski definition) is 0. The van der Waals surface area contributed by atoms with E-state index in [0.29, 0.717) is 0 Å². The molecule has 0 aliphatic rings. The molecule has 21 heavy (non-hydrogen) atoms. The van der Waals surface area contributed by atoms with Gasteiger partial charge < -0.3 is 4.57 Å². The van der Waals surface area contributed by atoms with Crippen molar-refractivity contribution >= 4 is 39.0 Å². The van der Waals surface area contributed by atoms with Gasteiger partial charge in [0.15, 0.2) is 5.16 Å². The predicted molar refractivity (Wildman–Crippen MR) is 91.8 cm³/mol. The molecule has 3 nitrogen and oxygen atoms in total. The summed E-state index contributed by atoms with van der Waals surface area (Å²) >= 11 is 6.97. The Morgan fingerprint density at radius 2 is 2.14 bits per heavy atom. The highest BCUT2D eigenvalue weighted by Crippen LogP contribution is 2.24. The van der Waals surface area contributed by atoms with Crippen molar-refractivity contribution in [3.8, 4) is 0 Å². The van der Waals surface area contributed by atoms with Crippen molar-refractivity contribution < 1.29 is 0 Å². The van der Waals surface area contributed by atoms with Gasteiger partial charge in [-0.25, -0.2) is 0 Å². The minimum atomic E-state index is 0.846. The van der Waals surface area contributed by atoms with Crippen LogP contribution in [0.5, 0.6) is 0 Å². The van der Waals surface area contributed by atoms with Crippen molar-refractivity contribution in [3.63, 3.8) is 0 Å².